The summed E-state index contributed by atoms with van der Waals surface area (Å²) in [5.74, 6) is -2.19. The number of rotatable bonds is 10. The molecule has 0 saturated carbocycles. The maximum absolute atomic E-state index is 11.6. The molecule has 32 heavy (non-hydrogen) atoms. The highest BCUT2D eigenvalue weighted by molar-refractivity contribution is 5.73. The van der Waals surface area contributed by atoms with Crippen molar-refractivity contribution in [2.75, 3.05) is 13.2 Å². The van der Waals surface area contributed by atoms with E-state index in [-0.39, 0.29) is 13.0 Å². The lowest BCUT2D eigenvalue weighted by Gasteiger charge is -2.46. The van der Waals surface area contributed by atoms with Crippen LogP contribution in [0.1, 0.15) is 19.8 Å². The Morgan fingerprint density at radius 3 is 2.28 bits per heavy atom. The number of aliphatic hydroxyl groups is 5. The molecule has 2 aliphatic rings. The molecule has 2 fully saturated rings. The van der Waals surface area contributed by atoms with E-state index in [1.54, 1.807) is 0 Å². The number of aldehydes is 1. The predicted molar refractivity (Wildman–Crippen MR) is 99.8 cm³/mol. The average molecular weight is 467 g/mol. The lowest BCUT2D eigenvalue weighted by molar-refractivity contribution is -0.343. The zero-order valence-electron chi connectivity index (χ0n) is 17.2. The Labute approximate surface area is 182 Å². The van der Waals surface area contributed by atoms with Crippen LogP contribution in [0, 0.1) is 0 Å². The highest BCUT2D eigenvalue weighted by Gasteiger charge is 2.52. The molecular formula is C18H29NO13. The fourth-order valence-corrected chi connectivity index (χ4v) is 3.45. The van der Waals surface area contributed by atoms with Crippen molar-refractivity contribution < 1.29 is 64.0 Å². The van der Waals surface area contributed by atoms with Crippen LogP contribution in [0.5, 0.6) is 0 Å². The van der Waals surface area contributed by atoms with E-state index in [4.69, 9.17) is 24.1 Å². The van der Waals surface area contributed by atoms with E-state index in [0.717, 1.165) is 0 Å². The van der Waals surface area contributed by atoms with Gasteiger partial charge in [0, 0.05) is 13.3 Å². The van der Waals surface area contributed by atoms with Crippen LogP contribution in [-0.4, -0.2) is 123 Å². The second kappa shape index (κ2) is 11.9. The number of aliphatic hydroxyl groups excluding tert-OH is 5. The molecule has 0 aromatic carbocycles. The number of carbonyl (C=O) groups is 3. The zero-order chi connectivity index (χ0) is 24.0. The summed E-state index contributed by atoms with van der Waals surface area (Å²) >= 11 is 0. The number of hydrogen-bond donors (Lipinski definition) is 7. The molecule has 0 bridgehead atoms. The largest absolute Gasteiger partial charge is 0.479 e. The van der Waals surface area contributed by atoms with E-state index in [1.165, 1.54) is 6.92 Å². The Morgan fingerprint density at radius 1 is 1.03 bits per heavy atom. The SMILES string of the molecule is CC(=O)N[C@H]1[C@H](OCCCC=O)O[C@H](CO)[C@@H](O[C@@H]2O[C@H](C(=O)O)[C@@H](O)[C@H](O)[C@H]2O)[C@@H]1O. The number of carboxylic acids is 1. The molecule has 0 unspecified atom stereocenters. The lowest BCUT2D eigenvalue weighted by Crippen LogP contribution is -2.67. The first-order valence-electron chi connectivity index (χ1n) is 9.97. The van der Waals surface area contributed by atoms with Crippen LogP contribution in [0.2, 0.25) is 0 Å². The number of ether oxygens (including phenoxy) is 4. The summed E-state index contributed by atoms with van der Waals surface area (Å²) in [6, 6.07) is -1.21. The van der Waals surface area contributed by atoms with Crippen LogP contribution in [0.3, 0.4) is 0 Å². The van der Waals surface area contributed by atoms with Gasteiger partial charge in [-0.15, -0.1) is 0 Å². The summed E-state index contributed by atoms with van der Waals surface area (Å²) in [6.45, 7) is 0.511. The Hall–Kier alpha value is -1.75. The molecule has 2 saturated heterocycles. The molecule has 14 heteroatoms. The molecule has 184 valence electrons. The van der Waals surface area contributed by atoms with Crippen molar-refractivity contribution in [3.05, 3.63) is 0 Å². The van der Waals surface area contributed by atoms with Gasteiger partial charge in [0.1, 0.15) is 49.0 Å². The van der Waals surface area contributed by atoms with Gasteiger partial charge in [-0.2, -0.15) is 0 Å². The maximum Gasteiger partial charge on any atom is 0.335 e. The first-order valence-corrected chi connectivity index (χ1v) is 9.97. The third-order valence-corrected chi connectivity index (χ3v) is 5.08. The minimum absolute atomic E-state index is 0.0463. The first-order chi connectivity index (χ1) is 15.1. The van der Waals surface area contributed by atoms with Crippen molar-refractivity contribution in [1.82, 2.24) is 5.32 Å². The number of carboxylic acid groups (broad SMARTS) is 1. The summed E-state index contributed by atoms with van der Waals surface area (Å²) in [7, 11) is 0. The van der Waals surface area contributed by atoms with Gasteiger partial charge in [-0.1, -0.05) is 0 Å². The molecule has 2 rings (SSSR count). The Morgan fingerprint density at radius 2 is 1.72 bits per heavy atom. The molecule has 0 aromatic rings. The van der Waals surface area contributed by atoms with Crippen LogP contribution in [0.15, 0.2) is 0 Å². The van der Waals surface area contributed by atoms with Crippen molar-refractivity contribution in [2.45, 2.75) is 81.1 Å². The fraction of sp³-hybridized carbons (Fsp3) is 0.833. The molecule has 14 nitrogen and oxygen atoms in total. The zero-order valence-corrected chi connectivity index (χ0v) is 17.2. The molecule has 0 aromatic heterocycles. The molecule has 2 aliphatic heterocycles. The number of aliphatic carboxylic acids is 1. The highest BCUT2D eigenvalue weighted by atomic mass is 16.7. The van der Waals surface area contributed by atoms with E-state index >= 15 is 0 Å². The van der Waals surface area contributed by atoms with Gasteiger partial charge in [-0.25, -0.2) is 4.79 Å². The molecule has 2 heterocycles. The highest BCUT2D eigenvalue weighted by Crippen LogP contribution is 2.29. The van der Waals surface area contributed by atoms with E-state index in [1.807, 2.05) is 0 Å². The van der Waals surface area contributed by atoms with Crippen LogP contribution in [-0.2, 0) is 33.3 Å². The molecular weight excluding hydrogens is 438 g/mol. The minimum Gasteiger partial charge on any atom is -0.479 e. The van der Waals surface area contributed by atoms with Gasteiger partial charge in [0.2, 0.25) is 5.91 Å². The van der Waals surface area contributed by atoms with E-state index < -0.39 is 79.8 Å². The predicted octanol–water partition coefficient (Wildman–Crippen LogP) is -4.16. The van der Waals surface area contributed by atoms with Gasteiger partial charge in [-0.05, 0) is 6.42 Å². The molecule has 1 amide bonds. The molecule has 10 atom stereocenters. The smallest absolute Gasteiger partial charge is 0.335 e. The van der Waals surface area contributed by atoms with Crippen LogP contribution in [0.4, 0.5) is 0 Å². The fourth-order valence-electron chi connectivity index (χ4n) is 3.45. The molecule has 0 aliphatic carbocycles. The second-order valence-electron chi connectivity index (χ2n) is 7.46. The Kier molecular flexibility index (Phi) is 9.87. The van der Waals surface area contributed by atoms with E-state index in [0.29, 0.717) is 12.7 Å². The quantitative estimate of drug-likeness (QED) is 0.120. The van der Waals surface area contributed by atoms with Gasteiger partial charge in [0.25, 0.3) is 0 Å². The third kappa shape index (κ3) is 6.18. The Balaban J connectivity index is 2.19. The van der Waals surface area contributed by atoms with E-state index in [2.05, 4.69) is 5.32 Å². The average Bonchev–Trinajstić information content (AvgIpc) is 2.74. The maximum atomic E-state index is 11.6. The number of hydrogen-bond acceptors (Lipinski definition) is 12. The topological polar surface area (TPSA) is 222 Å². The van der Waals surface area contributed by atoms with Crippen LogP contribution in [0.25, 0.3) is 0 Å². The van der Waals surface area contributed by atoms with Crippen molar-refractivity contribution in [3.8, 4) is 0 Å². The van der Waals surface area contributed by atoms with Gasteiger partial charge < -0.3 is 59.7 Å². The summed E-state index contributed by atoms with van der Waals surface area (Å²) in [5, 5.41) is 62.0. The normalized spacial score (nSPS) is 39.9. The summed E-state index contributed by atoms with van der Waals surface area (Å²) in [4.78, 5) is 33.3. The molecule has 0 spiro atoms. The van der Waals surface area contributed by atoms with Crippen molar-refractivity contribution in [1.29, 1.82) is 0 Å². The van der Waals surface area contributed by atoms with Crippen LogP contribution < -0.4 is 5.32 Å². The minimum atomic E-state index is -1.94. The second-order valence-corrected chi connectivity index (χ2v) is 7.46. The van der Waals surface area contributed by atoms with Crippen molar-refractivity contribution in [2.24, 2.45) is 0 Å². The number of unbranched alkanes of at least 4 members (excludes halogenated alkanes) is 1. The van der Waals surface area contributed by atoms with Crippen LogP contribution >= 0.6 is 0 Å². The van der Waals surface area contributed by atoms with E-state index in [9.17, 15) is 39.9 Å². The third-order valence-electron chi connectivity index (χ3n) is 5.08. The Bertz CT molecular complexity index is 648. The number of nitrogens with one attached hydrogen (secondary N) is 1. The monoisotopic (exact) mass is 467 g/mol. The summed E-state index contributed by atoms with van der Waals surface area (Å²) in [5.41, 5.74) is 0. The van der Waals surface area contributed by atoms with Gasteiger partial charge in [0.15, 0.2) is 18.7 Å². The molecule has 7 N–H and O–H groups in total. The summed E-state index contributed by atoms with van der Waals surface area (Å²) in [6.07, 6.45) is -13.9. The van der Waals surface area contributed by atoms with Crippen molar-refractivity contribution in [3.63, 3.8) is 0 Å². The molecule has 0 radical (unpaired) electrons. The van der Waals surface area contributed by atoms with Gasteiger partial charge in [-0.3, -0.25) is 4.79 Å². The van der Waals surface area contributed by atoms with Gasteiger partial charge in [0.05, 0.1) is 13.2 Å². The first kappa shape index (κ1) is 26.5. The standard InChI is InChI=1S/C18H29NO13/c1-7(22)19-9-10(23)14(8(6-21)30-17(9)29-5-3-2-4-20)31-18-13(26)11(24)12(25)15(32-18)16(27)28/h4,8-15,17-18,21,23-26H,2-3,5-6H2,1H3,(H,19,22)(H,27,28)/t8-,9-,10-,11+,12+,13-,14-,15+,17-,18-/m1/s1. The number of carbonyl (C=O) groups excluding carboxylic acids is 2. The lowest BCUT2D eigenvalue weighted by atomic mass is 9.95. The number of amides is 1. The van der Waals surface area contributed by atoms with Gasteiger partial charge >= 0.3 is 5.97 Å². The van der Waals surface area contributed by atoms with Crippen molar-refractivity contribution >= 4 is 18.2 Å². The summed E-state index contributed by atoms with van der Waals surface area (Å²) < 4.78 is 21.6.